The van der Waals surface area contributed by atoms with Gasteiger partial charge in [0.15, 0.2) is 11.1 Å². The fraction of sp³-hybridized carbons (Fsp3) is 0.833. The Hall–Kier alpha value is -0.750. The molecule has 0 heterocycles. The summed E-state index contributed by atoms with van der Waals surface area (Å²) < 4.78 is 1.01. The Labute approximate surface area is 115 Å². The Morgan fingerprint density at radius 1 is 1.17 bits per heavy atom. The molecule has 0 aliphatic carbocycles. The predicted octanol–water partition coefficient (Wildman–Crippen LogP) is 0.786. The van der Waals surface area contributed by atoms with Crippen molar-refractivity contribution in [3.63, 3.8) is 0 Å². The average molecular weight is 275 g/mol. The molecule has 106 valence electrons. The van der Waals surface area contributed by atoms with Crippen molar-refractivity contribution in [3.05, 3.63) is 0 Å². The minimum Gasteiger partial charge on any atom is -0.370 e. The van der Waals surface area contributed by atoms with Crippen LogP contribution in [-0.2, 0) is 4.79 Å². The summed E-state index contributed by atoms with van der Waals surface area (Å²) in [5, 5.41) is 0.235. The SMILES string of the molecule is CC[N+](CC)(CC)CCC(=O)SCCN=C(N)N. The van der Waals surface area contributed by atoms with Crippen molar-refractivity contribution >= 4 is 22.8 Å². The summed E-state index contributed by atoms with van der Waals surface area (Å²) in [4.78, 5) is 15.6. The minimum absolute atomic E-state index is 0.0849. The Bertz CT molecular complexity index is 265. The Kier molecular flexibility index (Phi) is 8.83. The van der Waals surface area contributed by atoms with Crippen LogP contribution in [0.3, 0.4) is 0 Å². The molecule has 0 unspecified atom stereocenters. The predicted molar refractivity (Wildman–Crippen MR) is 79.5 cm³/mol. The smallest absolute Gasteiger partial charge is 0.194 e. The molecule has 4 N–H and O–H groups in total. The van der Waals surface area contributed by atoms with Gasteiger partial charge in [0.25, 0.3) is 0 Å². The molecule has 0 atom stereocenters. The zero-order chi connectivity index (χ0) is 14.0. The Morgan fingerprint density at radius 3 is 2.17 bits per heavy atom. The van der Waals surface area contributed by atoms with Crippen LogP contribution in [0.15, 0.2) is 4.99 Å². The summed E-state index contributed by atoms with van der Waals surface area (Å²) in [6.07, 6.45) is 0.627. The number of nitrogens with zero attached hydrogens (tertiary/aromatic N) is 2. The van der Waals surface area contributed by atoms with Crippen molar-refractivity contribution in [2.75, 3.05) is 38.5 Å². The first-order valence-corrected chi connectivity index (χ1v) is 7.54. The zero-order valence-electron chi connectivity index (χ0n) is 11.8. The van der Waals surface area contributed by atoms with Crippen LogP contribution >= 0.6 is 11.8 Å². The van der Waals surface area contributed by atoms with E-state index in [1.54, 1.807) is 0 Å². The summed E-state index contributed by atoms with van der Waals surface area (Å²) >= 11 is 1.32. The lowest BCUT2D eigenvalue weighted by atomic mass is 10.3. The lowest BCUT2D eigenvalue weighted by Crippen LogP contribution is -2.48. The number of rotatable bonds is 9. The largest absolute Gasteiger partial charge is 0.370 e. The first-order valence-electron chi connectivity index (χ1n) is 6.55. The van der Waals surface area contributed by atoms with E-state index in [1.807, 2.05) is 0 Å². The number of carbonyl (C=O) groups is 1. The third-order valence-electron chi connectivity index (χ3n) is 3.45. The average Bonchev–Trinajstić information content (AvgIpc) is 2.37. The van der Waals surface area contributed by atoms with E-state index in [0.717, 1.165) is 30.7 Å². The van der Waals surface area contributed by atoms with Gasteiger partial charge < -0.3 is 16.0 Å². The van der Waals surface area contributed by atoms with Gasteiger partial charge in [-0.2, -0.15) is 0 Å². The van der Waals surface area contributed by atoms with E-state index in [0.29, 0.717) is 18.7 Å². The van der Waals surface area contributed by atoms with E-state index < -0.39 is 0 Å². The van der Waals surface area contributed by atoms with E-state index in [2.05, 4.69) is 25.8 Å². The monoisotopic (exact) mass is 275 g/mol. The van der Waals surface area contributed by atoms with Crippen molar-refractivity contribution in [1.29, 1.82) is 0 Å². The van der Waals surface area contributed by atoms with Crippen LogP contribution in [-0.4, -0.2) is 54.0 Å². The molecule has 0 aliphatic heterocycles. The van der Waals surface area contributed by atoms with Gasteiger partial charge in [-0.3, -0.25) is 9.79 Å². The van der Waals surface area contributed by atoms with E-state index in [4.69, 9.17) is 11.5 Å². The van der Waals surface area contributed by atoms with E-state index in [1.165, 1.54) is 11.8 Å². The number of hydrogen-bond donors (Lipinski definition) is 2. The topological polar surface area (TPSA) is 81.5 Å². The molecular weight excluding hydrogens is 248 g/mol. The van der Waals surface area contributed by atoms with Crippen LogP contribution < -0.4 is 11.5 Å². The van der Waals surface area contributed by atoms with Crippen molar-refractivity contribution in [2.24, 2.45) is 16.5 Å². The molecule has 0 aliphatic rings. The second kappa shape index (κ2) is 9.22. The van der Waals surface area contributed by atoms with E-state index in [9.17, 15) is 4.79 Å². The quantitative estimate of drug-likeness (QED) is 0.282. The third kappa shape index (κ3) is 6.86. The fourth-order valence-corrected chi connectivity index (χ4v) is 2.53. The molecule has 0 bridgehead atoms. The highest BCUT2D eigenvalue weighted by Gasteiger charge is 2.21. The zero-order valence-corrected chi connectivity index (χ0v) is 12.6. The molecule has 0 aromatic rings. The van der Waals surface area contributed by atoms with Gasteiger partial charge in [-0.25, -0.2) is 0 Å². The molecule has 0 aromatic carbocycles. The van der Waals surface area contributed by atoms with Crippen molar-refractivity contribution < 1.29 is 9.28 Å². The number of carbonyl (C=O) groups excluding carboxylic acids is 1. The van der Waals surface area contributed by atoms with Gasteiger partial charge in [-0.1, -0.05) is 11.8 Å². The van der Waals surface area contributed by atoms with Gasteiger partial charge in [-0.05, 0) is 20.8 Å². The van der Waals surface area contributed by atoms with Crippen LogP contribution in [0.25, 0.3) is 0 Å². The van der Waals surface area contributed by atoms with Gasteiger partial charge in [0.1, 0.15) is 0 Å². The molecule has 0 amide bonds. The first kappa shape index (κ1) is 17.2. The molecule has 0 fully saturated rings. The Morgan fingerprint density at radius 2 is 1.72 bits per heavy atom. The maximum Gasteiger partial charge on any atom is 0.194 e. The molecule has 0 saturated carbocycles. The number of quaternary nitrogens is 1. The summed E-state index contributed by atoms with van der Waals surface area (Å²) in [7, 11) is 0. The molecule has 6 heteroatoms. The fourth-order valence-electron chi connectivity index (χ4n) is 1.88. The molecular formula is C12H27N4OS+. The summed E-state index contributed by atoms with van der Waals surface area (Å²) in [5.41, 5.74) is 10.4. The maximum absolute atomic E-state index is 11.7. The van der Waals surface area contributed by atoms with Gasteiger partial charge >= 0.3 is 0 Å². The third-order valence-corrected chi connectivity index (χ3v) is 4.36. The Balaban J connectivity index is 3.92. The molecule has 0 spiro atoms. The number of nitrogens with two attached hydrogens (primary N) is 2. The van der Waals surface area contributed by atoms with Crippen LogP contribution in [0, 0.1) is 0 Å². The lowest BCUT2D eigenvalue weighted by molar-refractivity contribution is -0.922. The number of aliphatic imine (C=N–C) groups is 1. The van der Waals surface area contributed by atoms with Gasteiger partial charge in [0.2, 0.25) is 0 Å². The lowest BCUT2D eigenvalue weighted by Gasteiger charge is -2.35. The van der Waals surface area contributed by atoms with Gasteiger partial charge in [-0.15, -0.1) is 0 Å². The van der Waals surface area contributed by atoms with Crippen molar-refractivity contribution in [3.8, 4) is 0 Å². The van der Waals surface area contributed by atoms with Crippen LogP contribution in [0.5, 0.6) is 0 Å². The molecule has 5 nitrogen and oxygen atoms in total. The number of thioether (sulfide) groups is 1. The number of hydrogen-bond acceptors (Lipinski definition) is 3. The molecule has 0 radical (unpaired) electrons. The van der Waals surface area contributed by atoms with Crippen molar-refractivity contribution in [1.82, 2.24) is 0 Å². The summed E-state index contributed by atoms with van der Waals surface area (Å²) in [5.74, 6) is 0.739. The van der Waals surface area contributed by atoms with Crippen LogP contribution in [0.2, 0.25) is 0 Å². The highest BCUT2D eigenvalue weighted by Crippen LogP contribution is 2.11. The highest BCUT2D eigenvalue weighted by molar-refractivity contribution is 8.13. The molecule has 0 saturated heterocycles. The summed E-state index contributed by atoms with van der Waals surface area (Å²) in [6, 6.07) is 0. The second-order valence-electron chi connectivity index (χ2n) is 4.29. The van der Waals surface area contributed by atoms with Crippen LogP contribution in [0.4, 0.5) is 0 Å². The van der Waals surface area contributed by atoms with Crippen molar-refractivity contribution in [2.45, 2.75) is 27.2 Å². The number of guanidine groups is 1. The van der Waals surface area contributed by atoms with Gasteiger partial charge in [0.05, 0.1) is 39.1 Å². The van der Waals surface area contributed by atoms with Gasteiger partial charge in [0, 0.05) is 5.75 Å². The second-order valence-corrected chi connectivity index (χ2v) is 5.44. The first-order chi connectivity index (χ1) is 8.49. The van der Waals surface area contributed by atoms with E-state index in [-0.39, 0.29) is 11.1 Å². The summed E-state index contributed by atoms with van der Waals surface area (Å²) in [6.45, 7) is 11.2. The molecule has 0 rings (SSSR count). The normalized spacial score (nSPS) is 11.3. The maximum atomic E-state index is 11.7. The minimum atomic E-state index is 0.0849. The standard InChI is InChI=1S/C12H27N4OS/c1-4-16(5-2,6-3)9-7-11(17)18-10-8-15-12(13)14/h4-10H2,1-3H3,(H4,13,14,15)/q+1. The molecule has 18 heavy (non-hydrogen) atoms. The van der Waals surface area contributed by atoms with Crippen LogP contribution in [0.1, 0.15) is 27.2 Å². The van der Waals surface area contributed by atoms with E-state index >= 15 is 0 Å². The highest BCUT2D eigenvalue weighted by atomic mass is 32.2. The molecule has 0 aromatic heterocycles.